The maximum Gasteiger partial charge on any atom is 0.220 e. The van der Waals surface area contributed by atoms with Gasteiger partial charge in [-0.2, -0.15) is 12.6 Å². The summed E-state index contributed by atoms with van der Waals surface area (Å²) in [5.74, 6) is 0.642. The van der Waals surface area contributed by atoms with Crippen molar-refractivity contribution < 1.29 is 13.2 Å². The van der Waals surface area contributed by atoms with Gasteiger partial charge in [-0.25, -0.2) is 8.42 Å². The second-order valence-electron chi connectivity index (χ2n) is 5.64. The molecule has 0 aromatic rings. The zero-order valence-electron chi connectivity index (χ0n) is 10.6. The number of hydrogen-bond acceptors (Lipinski definition) is 4. The van der Waals surface area contributed by atoms with Crippen molar-refractivity contribution in [3.8, 4) is 0 Å². The summed E-state index contributed by atoms with van der Waals surface area (Å²) in [6.07, 6.45) is 3.73. The lowest BCUT2D eigenvalue weighted by atomic mass is 10.0. The molecule has 0 atom stereocenters. The van der Waals surface area contributed by atoms with E-state index in [4.69, 9.17) is 0 Å². The first kappa shape index (κ1) is 14.8. The molecule has 100 valence electrons. The molecule has 4 nitrogen and oxygen atoms in total. The van der Waals surface area contributed by atoms with Crippen LogP contribution in [-0.2, 0) is 14.6 Å². The van der Waals surface area contributed by atoms with Crippen molar-refractivity contribution in [3.63, 3.8) is 0 Å². The standard InChI is InChI=1S/C11H21NO3S2/c1-10(2,17(3,14)15)7-12-9(13)6-11(8-16)4-5-11/h16H,4-8H2,1-3H3,(H,12,13). The Morgan fingerprint density at radius 3 is 2.29 bits per heavy atom. The summed E-state index contributed by atoms with van der Waals surface area (Å²) in [5.41, 5.74) is 0.0719. The van der Waals surface area contributed by atoms with Gasteiger partial charge in [0.1, 0.15) is 0 Å². The molecular formula is C11H21NO3S2. The lowest BCUT2D eigenvalue weighted by molar-refractivity contribution is -0.122. The molecule has 0 spiro atoms. The molecule has 0 aromatic carbocycles. The van der Waals surface area contributed by atoms with E-state index in [0.29, 0.717) is 6.42 Å². The number of sulfone groups is 1. The zero-order valence-corrected chi connectivity index (χ0v) is 12.3. The fourth-order valence-corrected chi connectivity index (χ4v) is 2.18. The Hall–Kier alpha value is -0.230. The highest BCUT2D eigenvalue weighted by atomic mass is 32.2. The van der Waals surface area contributed by atoms with Crippen LogP contribution >= 0.6 is 12.6 Å². The molecule has 0 unspecified atom stereocenters. The largest absolute Gasteiger partial charge is 0.355 e. The van der Waals surface area contributed by atoms with E-state index in [9.17, 15) is 13.2 Å². The highest BCUT2D eigenvalue weighted by Gasteiger charge is 2.43. The molecule has 1 saturated carbocycles. The summed E-state index contributed by atoms with van der Waals surface area (Å²) in [6.45, 7) is 3.40. The Morgan fingerprint density at radius 1 is 1.41 bits per heavy atom. The Labute approximate surface area is 109 Å². The van der Waals surface area contributed by atoms with Crippen molar-refractivity contribution in [3.05, 3.63) is 0 Å². The first-order valence-electron chi connectivity index (χ1n) is 5.69. The van der Waals surface area contributed by atoms with Crippen LogP contribution < -0.4 is 5.32 Å². The molecule has 0 saturated heterocycles. The molecule has 0 aliphatic heterocycles. The van der Waals surface area contributed by atoms with E-state index in [2.05, 4.69) is 17.9 Å². The van der Waals surface area contributed by atoms with E-state index in [-0.39, 0.29) is 17.9 Å². The van der Waals surface area contributed by atoms with Crippen LogP contribution in [0.1, 0.15) is 33.1 Å². The third-order valence-electron chi connectivity index (χ3n) is 3.54. The average molecular weight is 279 g/mol. The maximum absolute atomic E-state index is 11.7. The van der Waals surface area contributed by atoms with Crippen LogP contribution in [0.4, 0.5) is 0 Å². The summed E-state index contributed by atoms with van der Waals surface area (Å²) in [4.78, 5) is 11.7. The van der Waals surface area contributed by atoms with Crippen LogP contribution in [0.2, 0.25) is 0 Å². The number of hydrogen-bond donors (Lipinski definition) is 2. The minimum atomic E-state index is -3.16. The van der Waals surface area contributed by atoms with Crippen molar-refractivity contribution in [1.29, 1.82) is 0 Å². The third kappa shape index (κ3) is 3.88. The van der Waals surface area contributed by atoms with Crippen LogP contribution in [0.3, 0.4) is 0 Å². The molecule has 1 rings (SSSR count). The van der Waals surface area contributed by atoms with Gasteiger partial charge >= 0.3 is 0 Å². The number of nitrogens with one attached hydrogen (secondary N) is 1. The molecule has 0 radical (unpaired) electrons. The summed E-state index contributed by atoms with van der Waals surface area (Å²) in [7, 11) is -3.16. The quantitative estimate of drug-likeness (QED) is 0.714. The molecule has 1 amide bonds. The lowest BCUT2D eigenvalue weighted by Gasteiger charge is -2.23. The van der Waals surface area contributed by atoms with Gasteiger partial charge < -0.3 is 5.32 Å². The van der Waals surface area contributed by atoms with Crippen molar-refractivity contribution in [1.82, 2.24) is 5.32 Å². The summed E-state index contributed by atoms with van der Waals surface area (Å²) in [6, 6.07) is 0. The van der Waals surface area contributed by atoms with Gasteiger partial charge in [-0.15, -0.1) is 0 Å². The topological polar surface area (TPSA) is 63.2 Å². The summed E-state index contributed by atoms with van der Waals surface area (Å²) >= 11 is 4.23. The van der Waals surface area contributed by atoms with E-state index < -0.39 is 14.6 Å². The highest BCUT2D eigenvalue weighted by molar-refractivity contribution is 7.92. The smallest absolute Gasteiger partial charge is 0.220 e. The first-order valence-corrected chi connectivity index (χ1v) is 8.21. The molecule has 1 aliphatic carbocycles. The molecular weight excluding hydrogens is 258 g/mol. The van der Waals surface area contributed by atoms with Crippen LogP contribution in [0, 0.1) is 5.41 Å². The monoisotopic (exact) mass is 279 g/mol. The number of carbonyl (C=O) groups is 1. The number of thiol groups is 1. The zero-order chi connectivity index (χ0) is 13.3. The fourth-order valence-electron chi connectivity index (χ4n) is 1.41. The van der Waals surface area contributed by atoms with Gasteiger partial charge in [-0.05, 0) is 37.9 Å². The molecule has 6 heteroatoms. The SMILES string of the molecule is CC(C)(CNC(=O)CC1(CS)CC1)S(C)(=O)=O. The van der Waals surface area contributed by atoms with Crippen molar-refractivity contribution >= 4 is 28.4 Å². The van der Waals surface area contributed by atoms with Gasteiger partial charge in [-0.1, -0.05) is 0 Å². The number of carbonyl (C=O) groups excluding carboxylic acids is 1. The van der Waals surface area contributed by atoms with Crippen LogP contribution in [0.15, 0.2) is 0 Å². The van der Waals surface area contributed by atoms with Crippen LogP contribution in [-0.4, -0.2) is 37.6 Å². The average Bonchev–Trinajstić information content (AvgIpc) is 2.94. The minimum absolute atomic E-state index is 0.0719. The molecule has 1 N–H and O–H groups in total. The highest BCUT2D eigenvalue weighted by Crippen LogP contribution is 2.49. The number of amides is 1. The Bertz CT molecular complexity index is 397. The minimum Gasteiger partial charge on any atom is -0.355 e. The molecule has 1 aliphatic rings. The Kier molecular flexibility index (Phi) is 4.19. The van der Waals surface area contributed by atoms with E-state index in [0.717, 1.165) is 18.6 Å². The van der Waals surface area contributed by atoms with Gasteiger partial charge in [0, 0.05) is 19.2 Å². The molecule has 0 aromatic heterocycles. The Balaban J connectivity index is 2.44. The predicted octanol–water partition coefficient (Wildman–Crippen LogP) is 1.03. The van der Waals surface area contributed by atoms with Crippen molar-refractivity contribution in [2.24, 2.45) is 5.41 Å². The van der Waals surface area contributed by atoms with Crippen LogP contribution in [0.25, 0.3) is 0 Å². The summed E-state index contributed by atoms with van der Waals surface area (Å²) in [5, 5.41) is 2.71. The summed E-state index contributed by atoms with van der Waals surface area (Å²) < 4.78 is 22.0. The normalized spacial score (nSPS) is 18.8. The maximum atomic E-state index is 11.7. The van der Waals surface area contributed by atoms with Crippen LogP contribution in [0.5, 0.6) is 0 Å². The van der Waals surface area contributed by atoms with Gasteiger partial charge in [0.25, 0.3) is 0 Å². The molecule has 0 heterocycles. The predicted molar refractivity (Wildman–Crippen MR) is 72.1 cm³/mol. The van der Waals surface area contributed by atoms with Gasteiger partial charge in [0.2, 0.25) is 5.91 Å². The van der Waals surface area contributed by atoms with Crippen molar-refractivity contribution in [2.45, 2.75) is 37.9 Å². The lowest BCUT2D eigenvalue weighted by Crippen LogP contribution is -2.44. The van der Waals surface area contributed by atoms with E-state index in [1.54, 1.807) is 13.8 Å². The second-order valence-corrected chi connectivity index (χ2v) is 8.61. The molecule has 17 heavy (non-hydrogen) atoms. The van der Waals surface area contributed by atoms with Gasteiger partial charge in [-0.3, -0.25) is 4.79 Å². The molecule has 0 bridgehead atoms. The third-order valence-corrected chi connectivity index (χ3v) is 6.37. The van der Waals surface area contributed by atoms with E-state index in [1.165, 1.54) is 6.26 Å². The number of rotatable bonds is 6. The van der Waals surface area contributed by atoms with Crippen molar-refractivity contribution in [2.75, 3.05) is 18.6 Å². The van der Waals surface area contributed by atoms with E-state index in [1.807, 2.05) is 0 Å². The van der Waals surface area contributed by atoms with E-state index >= 15 is 0 Å². The molecule has 1 fully saturated rings. The first-order chi connectivity index (χ1) is 7.62. The Morgan fingerprint density at radius 2 is 1.94 bits per heavy atom. The fraction of sp³-hybridized carbons (Fsp3) is 0.909. The van der Waals surface area contributed by atoms with Gasteiger partial charge in [0.15, 0.2) is 9.84 Å². The second kappa shape index (κ2) is 4.80. The van der Waals surface area contributed by atoms with Gasteiger partial charge in [0.05, 0.1) is 4.75 Å².